The molecule has 0 radical (unpaired) electrons. The van der Waals surface area contributed by atoms with Gasteiger partial charge in [0.15, 0.2) is 0 Å². The summed E-state index contributed by atoms with van der Waals surface area (Å²) in [4.78, 5) is 17.3. The van der Waals surface area contributed by atoms with Crippen LogP contribution in [-0.2, 0) is 22.8 Å². The van der Waals surface area contributed by atoms with Crippen LogP contribution in [0.3, 0.4) is 0 Å². The molecule has 1 amide bonds. The number of carbonyl (C=O) groups is 1. The minimum absolute atomic E-state index is 0.00616. The number of likely N-dealkylation sites (N-methyl/N-ethyl adjacent to an activating group) is 1. The maximum Gasteiger partial charge on any atom is 0.416 e. The number of carbonyl (C=O) groups excluding carboxylic acids is 1. The standard InChI is InChI=1S/C31H35F3N2O3/c1-35(28(38)10-7-20-3-2-4-23(15-20)31(32,33)34)24-11-12-30(39)27-16-22-8-9-25(37)17-26(22)29(30,18-24)13-14-36(27)19-21-5-6-21/h2-4,7-10,15,17,21,24,27,37,39H,5-6,11-14,16,18-19H2,1H3/b10-7+/t24?,27-,29-,30-/m1/s1. The van der Waals surface area contributed by atoms with Crippen molar-refractivity contribution in [2.24, 2.45) is 5.92 Å². The molecule has 2 aromatic carbocycles. The molecular formula is C31H35F3N2O3. The summed E-state index contributed by atoms with van der Waals surface area (Å²) in [6.07, 6.45) is 4.07. The largest absolute Gasteiger partial charge is 0.508 e. The van der Waals surface area contributed by atoms with Crippen LogP contribution in [0.4, 0.5) is 13.2 Å². The summed E-state index contributed by atoms with van der Waals surface area (Å²) >= 11 is 0. The highest BCUT2D eigenvalue weighted by molar-refractivity contribution is 5.91. The molecule has 3 aliphatic carbocycles. The van der Waals surface area contributed by atoms with E-state index in [-0.39, 0.29) is 23.7 Å². The predicted octanol–water partition coefficient (Wildman–Crippen LogP) is 5.14. The SMILES string of the molecule is CN(C(=O)/C=C/c1cccc(C(F)(F)F)c1)C1CC[C@@]2(O)[C@H]3Cc4ccc(O)cc4[C@@]2(CCN3CC2CC2)C1. The maximum atomic E-state index is 13.2. The summed E-state index contributed by atoms with van der Waals surface area (Å²) in [7, 11) is 1.73. The minimum atomic E-state index is -4.44. The molecule has 4 aliphatic rings. The molecule has 4 atom stereocenters. The maximum absolute atomic E-state index is 13.2. The Morgan fingerprint density at radius 3 is 2.69 bits per heavy atom. The van der Waals surface area contributed by atoms with E-state index in [1.807, 2.05) is 12.1 Å². The Balaban J connectivity index is 1.26. The fourth-order valence-corrected chi connectivity index (χ4v) is 7.54. The van der Waals surface area contributed by atoms with Crippen LogP contribution >= 0.6 is 0 Å². The fraction of sp³-hybridized carbons (Fsp3) is 0.516. The van der Waals surface area contributed by atoms with Crippen LogP contribution in [0.5, 0.6) is 5.75 Å². The fourth-order valence-electron chi connectivity index (χ4n) is 7.54. The van der Waals surface area contributed by atoms with E-state index in [4.69, 9.17) is 0 Å². The first kappa shape index (κ1) is 26.4. The quantitative estimate of drug-likeness (QED) is 0.516. The summed E-state index contributed by atoms with van der Waals surface area (Å²) in [5.41, 5.74) is 0.185. The van der Waals surface area contributed by atoms with Gasteiger partial charge in [-0.15, -0.1) is 0 Å². The highest BCUT2D eigenvalue weighted by atomic mass is 19.4. The number of amides is 1. The molecule has 6 rings (SSSR count). The highest BCUT2D eigenvalue weighted by Gasteiger charge is 2.65. The number of phenols is 1. The molecule has 2 aromatic rings. The van der Waals surface area contributed by atoms with Crippen LogP contribution in [0.25, 0.3) is 6.08 Å². The lowest BCUT2D eigenvalue weighted by atomic mass is 9.48. The van der Waals surface area contributed by atoms with Crippen molar-refractivity contribution in [1.29, 1.82) is 0 Å². The van der Waals surface area contributed by atoms with Gasteiger partial charge in [0.2, 0.25) is 5.91 Å². The lowest BCUT2D eigenvalue weighted by Crippen LogP contribution is -2.74. The van der Waals surface area contributed by atoms with Crippen molar-refractivity contribution in [2.75, 3.05) is 20.1 Å². The number of nitrogens with zero attached hydrogens (tertiary/aromatic N) is 2. The van der Waals surface area contributed by atoms with E-state index in [1.54, 1.807) is 24.1 Å². The molecule has 2 bridgehead atoms. The second kappa shape index (κ2) is 9.37. The van der Waals surface area contributed by atoms with Gasteiger partial charge >= 0.3 is 6.18 Å². The Morgan fingerprint density at radius 2 is 1.95 bits per heavy atom. The van der Waals surface area contributed by atoms with E-state index >= 15 is 0 Å². The molecule has 0 aromatic heterocycles. The first-order chi connectivity index (χ1) is 18.5. The van der Waals surface area contributed by atoms with Gasteiger partial charge in [-0.1, -0.05) is 18.2 Å². The van der Waals surface area contributed by atoms with Crippen molar-refractivity contribution >= 4 is 12.0 Å². The van der Waals surface area contributed by atoms with Crippen LogP contribution in [0, 0.1) is 5.92 Å². The van der Waals surface area contributed by atoms with Crippen molar-refractivity contribution in [3.8, 4) is 5.75 Å². The van der Waals surface area contributed by atoms with Crippen molar-refractivity contribution in [1.82, 2.24) is 9.80 Å². The molecule has 3 fully saturated rings. The molecule has 39 heavy (non-hydrogen) atoms. The number of piperidine rings is 1. The third-order valence-electron chi connectivity index (χ3n) is 9.83. The van der Waals surface area contributed by atoms with Gasteiger partial charge < -0.3 is 15.1 Å². The smallest absolute Gasteiger partial charge is 0.416 e. The van der Waals surface area contributed by atoms with Gasteiger partial charge in [-0.05, 0) is 104 Å². The summed E-state index contributed by atoms with van der Waals surface area (Å²) in [5, 5.41) is 22.9. The number of rotatable bonds is 5. The lowest BCUT2D eigenvalue weighted by Gasteiger charge is -2.65. The summed E-state index contributed by atoms with van der Waals surface area (Å²) in [6.45, 7) is 1.89. The number of aromatic hydroxyl groups is 1. The van der Waals surface area contributed by atoms with E-state index in [0.29, 0.717) is 30.7 Å². The molecule has 0 spiro atoms. The Bertz CT molecular complexity index is 1310. The number of hydrogen-bond acceptors (Lipinski definition) is 4. The number of alkyl halides is 3. The molecule has 2 saturated carbocycles. The van der Waals surface area contributed by atoms with E-state index in [0.717, 1.165) is 49.2 Å². The molecule has 2 N–H and O–H groups in total. The molecular weight excluding hydrogens is 505 g/mol. The van der Waals surface area contributed by atoms with Gasteiger partial charge in [-0.2, -0.15) is 13.2 Å². The Morgan fingerprint density at radius 1 is 1.15 bits per heavy atom. The molecule has 5 nitrogen and oxygen atoms in total. The number of phenolic OH excluding ortho intramolecular Hbond substituents is 1. The molecule has 208 valence electrons. The average Bonchev–Trinajstić information content (AvgIpc) is 3.72. The molecule has 1 saturated heterocycles. The zero-order valence-electron chi connectivity index (χ0n) is 22.1. The van der Waals surface area contributed by atoms with Crippen LogP contribution in [0.1, 0.15) is 60.8 Å². The van der Waals surface area contributed by atoms with Crippen LogP contribution < -0.4 is 0 Å². The number of halogens is 3. The van der Waals surface area contributed by atoms with Crippen molar-refractivity contribution in [3.05, 3.63) is 70.8 Å². The third-order valence-corrected chi connectivity index (χ3v) is 9.83. The van der Waals surface area contributed by atoms with Gasteiger partial charge in [-0.3, -0.25) is 9.69 Å². The number of aliphatic hydroxyl groups is 1. The van der Waals surface area contributed by atoms with E-state index in [9.17, 15) is 28.2 Å². The van der Waals surface area contributed by atoms with E-state index in [2.05, 4.69) is 4.90 Å². The van der Waals surface area contributed by atoms with Crippen molar-refractivity contribution in [3.63, 3.8) is 0 Å². The van der Waals surface area contributed by atoms with Gasteiger partial charge in [0.05, 0.1) is 11.2 Å². The topological polar surface area (TPSA) is 64.0 Å². The molecule has 1 aliphatic heterocycles. The number of fused-ring (bicyclic) bond motifs is 1. The summed E-state index contributed by atoms with van der Waals surface area (Å²) in [6, 6.07) is 10.3. The molecule has 8 heteroatoms. The van der Waals surface area contributed by atoms with E-state index in [1.165, 1.54) is 31.1 Å². The summed E-state index contributed by atoms with van der Waals surface area (Å²) < 4.78 is 39.3. The molecule has 1 unspecified atom stereocenters. The van der Waals surface area contributed by atoms with Crippen LogP contribution in [0.15, 0.2) is 48.5 Å². The third kappa shape index (κ3) is 4.55. The molecule has 1 heterocycles. The Kier molecular flexibility index (Phi) is 6.34. The van der Waals surface area contributed by atoms with Crippen molar-refractivity contribution in [2.45, 2.75) is 74.2 Å². The normalized spacial score (nSPS) is 30.6. The van der Waals surface area contributed by atoms with Crippen LogP contribution in [-0.4, -0.2) is 63.7 Å². The number of hydrogen-bond donors (Lipinski definition) is 2. The first-order valence-corrected chi connectivity index (χ1v) is 13.9. The first-order valence-electron chi connectivity index (χ1n) is 13.9. The Hall–Kier alpha value is -2.84. The minimum Gasteiger partial charge on any atom is -0.508 e. The van der Waals surface area contributed by atoms with Crippen molar-refractivity contribution < 1.29 is 28.2 Å². The second-order valence-electron chi connectivity index (χ2n) is 12.1. The van der Waals surface area contributed by atoms with Gasteiger partial charge in [0.1, 0.15) is 5.75 Å². The Labute approximate surface area is 226 Å². The summed E-state index contributed by atoms with van der Waals surface area (Å²) in [5.74, 6) is 0.611. The number of likely N-dealkylation sites (tertiary alicyclic amines) is 1. The number of benzene rings is 2. The second-order valence-corrected chi connectivity index (χ2v) is 12.1. The zero-order valence-corrected chi connectivity index (χ0v) is 22.1. The monoisotopic (exact) mass is 540 g/mol. The highest BCUT2D eigenvalue weighted by Crippen LogP contribution is 2.59. The van der Waals surface area contributed by atoms with E-state index < -0.39 is 22.8 Å². The van der Waals surface area contributed by atoms with Gasteiger partial charge in [0, 0.05) is 37.2 Å². The lowest BCUT2D eigenvalue weighted by molar-refractivity contribution is -0.177. The average molecular weight is 541 g/mol. The van der Waals surface area contributed by atoms with Crippen LogP contribution in [0.2, 0.25) is 0 Å². The van der Waals surface area contributed by atoms with Gasteiger partial charge in [0.25, 0.3) is 0 Å². The van der Waals surface area contributed by atoms with Gasteiger partial charge in [-0.25, -0.2) is 0 Å². The predicted molar refractivity (Wildman–Crippen MR) is 142 cm³/mol. The zero-order chi connectivity index (χ0) is 27.6.